The molecule has 0 fully saturated rings. The van der Waals surface area contributed by atoms with Gasteiger partial charge >= 0.3 is 0 Å². The van der Waals surface area contributed by atoms with Crippen molar-refractivity contribution in [2.75, 3.05) is 20.6 Å². The predicted molar refractivity (Wildman–Crippen MR) is 122 cm³/mol. The van der Waals surface area contributed by atoms with Gasteiger partial charge in [-0.2, -0.15) is 0 Å². The second-order valence-electron chi connectivity index (χ2n) is 6.79. The first-order chi connectivity index (χ1) is 14.7. The van der Waals surface area contributed by atoms with Gasteiger partial charge in [-0.1, -0.05) is 6.07 Å². The van der Waals surface area contributed by atoms with Gasteiger partial charge in [-0.25, -0.2) is 17.7 Å². The minimum atomic E-state index is -3.65. The second kappa shape index (κ2) is 9.69. The molecule has 0 bridgehead atoms. The van der Waals surface area contributed by atoms with Gasteiger partial charge in [0.25, 0.3) is 5.91 Å². The fourth-order valence-corrected chi connectivity index (χ4v) is 5.15. The Kier molecular flexibility index (Phi) is 7.21. The number of hydrogen-bond acceptors (Lipinski definition) is 7. The van der Waals surface area contributed by atoms with Crippen molar-refractivity contribution in [3.63, 3.8) is 0 Å². The number of carbonyl (C=O) groups excluding carboxylic acids is 2. The summed E-state index contributed by atoms with van der Waals surface area (Å²) in [7, 11) is -0.814. The fourth-order valence-electron chi connectivity index (χ4n) is 2.61. The van der Waals surface area contributed by atoms with Crippen LogP contribution in [0.2, 0.25) is 0 Å². The first kappa shape index (κ1) is 23.1. The molecule has 0 unspecified atom stereocenters. The molecule has 0 saturated carbocycles. The van der Waals surface area contributed by atoms with E-state index in [-0.39, 0.29) is 22.9 Å². The van der Waals surface area contributed by atoms with Gasteiger partial charge in [0.15, 0.2) is 0 Å². The molecule has 1 aromatic carbocycles. The zero-order chi connectivity index (χ0) is 22.6. The molecule has 0 aliphatic carbocycles. The minimum Gasteiger partial charge on any atom is -0.350 e. The van der Waals surface area contributed by atoms with Crippen molar-refractivity contribution in [1.82, 2.24) is 19.9 Å². The van der Waals surface area contributed by atoms with Gasteiger partial charge in [0, 0.05) is 29.9 Å². The third-order valence-electron chi connectivity index (χ3n) is 4.28. The van der Waals surface area contributed by atoms with E-state index in [0.29, 0.717) is 6.54 Å². The molecular formula is C20H22N4O4S3. The number of aryl methyl sites for hydroxylation is 1. The van der Waals surface area contributed by atoms with E-state index in [9.17, 15) is 18.0 Å². The lowest BCUT2D eigenvalue weighted by atomic mass is 10.2. The van der Waals surface area contributed by atoms with Gasteiger partial charge in [0.2, 0.25) is 15.9 Å². The third-order valence-corrected chi connectivity index (χ3v) is 7.97. The van der Waals surface area contributed by atoms with E-state index in [4.69, 9.17) is 0 Å². The molecule has 2 heterocycles. The summed E-state index contributed by atoms with van der Waals surface area (Å²) in [6.45, 7) is 2.08. The zero-order valence-electron chi connectivity index (χ0n) is 17.2. The molecule has 0 spiro atoms. The Hall–Kier alpha value is -2.60. The molecule has 3 rings (SSSR count). The Balaban J connectivity index is 1.52. The molecule has 11 heteroatoms. The molecule has 8 nitrogen and oxygen atoms in total. The standard InChI is InChI=1S/C20H22N4O4S3/c1-13-23-17(12-29-13)18-8-7-15(30-18)10-21-19(25)11-22-20(26)14-5-4-6-16(9-14)31(27,28)24(2)3/h4-9,12H,10-11H2,1-3H3,(H,21,25)(H,22,26). The van der Waals surface area contributed by atoms with E-state index in [1.807, 2.05) is 24.4 Å². The molecule has 2 amide bonds. The van der Waals surface area contributed by atoms with E-state index in [2.05, 4.69) is 15.6 Å². The molecule has 0 saturated heterocycles. The Bertz CT molecular complexity index is 1200. The first-order valence-electron chi connectivity index (χ1n) is 9.25. The van der Waals surface area contributed by atoms with Crippen LogP contribution in [0.1, 0.15) is 20.2 Å². The smallest absolute Gasteiger partial charge is 0.251 e. The highest BCUT2D eigenvalue weighted by Crippen LogP contribution is 2.28. The molecule has 3 aromatic rings. The van der Waals surface area contributed by atoms with Crippen molar-refractivity contribution >= 4 is 44.5 Å². The lowest BCUT2D eigenvalue weighted by Gasteiger charge is -2.12. The SMILES string of the molecule is Cc1nc(-c2ccc(CNC(=O)CNC(=O)c3cccc(S(=O)(=O)N(C)C)c3)s2)cs1. The number of thiazole rings is 1. The van der Waals surface area contributed by atoms with E-state index < -0.39 is 15.9 Å². The highest BCUT2D eigenvalue weighted by atomic mass is 32.2. The monoisotopic (exact) mass is 478 g/mol. The van der Waals surface area contributed by atoms with Crippen molar-refractivity contribution in [3.05, 3.63) is 57.2 Å². The number of carbonyl (C=O) groups is 2. The van der Waals surface area contributed by atoms with Crippen molar-refractivity contribution in [1.29, 1.82) is 0 Å². The minimum absolute atomic E-state index is 0.0124. The number of benzene rings is 1. The number of nitrogens with one attached hydrogen (secondary N) is 2. The van der Waals surface area contributed by atoms with Crippen LogP contribution >= 0.6 is 22.7 Å². The third kappa shape index (κ3) is 5.76. The largest absolute Gasteiger partial charge is 0.350 e. The summed E-state index contributed by atoms with van der Waals surface area (Å²) >= 11 is 3.14. The number of sulfonamides is 1. The Morgan fingerprint density at radius 3 is 2.58 bits per heavy atom. The number of thiophene rings is 1. The van der Waals surface area contributed by atoms with Crippen LogP contribution in [0.3, 0.4) is 0 Å². The fraction of sp³-hybridized carbons (Fsp3) is 0.250. The summed E-state index contributed by atoms with van der Waals surface area (Å²) in [5.74, 6) is -0.867. The molecule has 2 N–H and O–H groups in total. The summed E-state index contributed by atoms with van der Waals surface area (Å²) in [5.41, 5.74) is 1.09. The lowest BCUT2D eigenvalue weighted by molar-refractivity contribution is -0.120. The maximum atomic E-state index is 12.3. The number of nitrogens with zero attached hydrogens (tertiary/aromatic N) is 2. The molecule has 0 aliphatic rings. The van der Waals surface area contributed by atoms with Crippen LogP contribution in [0.25, 0.3) is 10.6 Å². The maximum Gasteiger partial charge on any atom is 0.251 e. The zero-order valence-corrected chi connectivity index (χ0v) is 19.7. The van der Waals surface area contributed by atoms with Crippen LogP contribution in [-0.4, -0.2) is 50.2 Å². The topological polar surface area (TPSA) is 108 Å². The van der Waals surface area contributed by atoms with Gasteiger partial charge in [-0.3, -0.25) is 9.59 Å². The van der Waals surface area contributed by atoms with Crippen LogP contribution in [0, 0.1) is 6.92 Å². The molecule has 2 aromatic heterocycles. The van der Waals surface area contributed by atoms with Crippen molar-refractivity contribution in [3.8, 4) is 10.6 Å². The van der Waals surface area contributed by atoms with Gasteiger partial charge in [-0.05, 0) is 37.3 Å². The molecule has 0 atom stereocenters. The number of aromatic nitrogens is 1. The average molecular weight is 479 g/mol. The van der Waals surface area contributed by atoms with E-state index in [0.717, 1.165) is 24.8 Å². The summed E-state index contributed by atoms with van der Waals surface area (Å²) in [6, 6.07) is 9.59. The van der Waals surface area contributed by atoms with Crippen LogP contribution in [0.15, 0.2) is 46.7 Å². The molecule has 31 heavy (non-hydrogen) atoms. The van der Waals surface area contributed by atoms with Gasteiger partial charge in [-0.15, -0.1) is 22.7 Å². The van der Waals surface area contributed by atoms with Crippen LogP contribution in [0.4, 0.5) is 0 Å². The summed E-state index contributed by atoms with van der Waals surface area (Å²) < 4.78 is 25.5. The van der Waals surface area contributed by atoms with E-state index >= 15 is 0 Å². The van der Waals surface area contributed by atoms with Crippen LogP contribution in [0.5, 0.6) is 0 Å². The van der Waals surface area contributed by atoms with Crippen molar-refractivity contribution < 1.29 is 18.0 Å². The number of amides is 2. The summed E-state index contributed by atoms with van der Waals surface area (Å²) in [5, 5.41) is 8.27. The van der Waals surface area contributed by atoms with Gasteiger partial charge < -0.3 is 10.6 Å². The number of hydrogen-bond donors (Lipinski definition) is 2. The summed E-state index contributed by atoms with van der Waals surface area (Å²) in [4.78, 5) is 30.9. The maximum absolute atomic E-state index is 12.3. The lowest BCUT2D eigenvalue weighted by Crippen LogP contribution is -2.36. The number of rotatable bonds is 8. The Morgan fingerprint density at radius 2 is 1.90 bits per heavy atom. The average Bonchev–Trinajstić information content (AvgIpc) is 3.39. The molecule has 0 radical (unpaired) electrons. The quantitative estimate of drug-likeness (QED) is 0.517. The van der Waals surface area contributed by atoms with E-state index in [1.165, 1.54) is 38.4 Å². The normalized spacial score (nSPS) is 11.5. The Labute approximate surface area is 189 Å². The molecular weight excluding hydrogens is 456 g/mol. The van der Waals surface area contributed by atoms with Crippen LogP contribution in [-0.2, 0) is 21.4 Å². The highest BCUT2D eigenvalue weighted by molar-refractivity contribution is 7.89. The predicted octanol–water partition coefficient (Wildman–Crippen LogP) is 2.48. The van der Waals surface area contributed by atoms with Gasteiger partial charge in [0.05, 0.1) is 33.6 Å². The Morgan fingerprint density at radius 1 is 1.13 bits per heavy atom. The van der Waals surface area contributed by atoms with E-state index in [1.54, 1.807) is 22.7 Å². The highest BCUT2D eigenvalue weighted by Gasteiger charge is 2.19. The van der Waals surface area contributed by atoms with Crippen molar-refractivity contribution in [2.45, 2.75) is 18.4 Å². The van der Waals surface area contributed by atoms with Crippen molar-refractivity contribution in [2.24, 2.45) is 0 Å². The molecule has 164 valence electrons. The summed E-state index contributed by atoms with van der Waals surface area (Å²) in [6.07, 6.45) is 0. The van der Waals surface area contributed by atoms with Gasteiger partial charge in [0.1, 0.15) is 0 Å². The first-order valence-corrected chi connectivity index (χ1v) is 12.4. The molecule has 0 aliphatic heterocycles. The van der Waals surface area contributed by atoms with Crippen LogP contribution < -0.4 is 10.6 Å². The second-order valence-corrected chi connectivity index (χ2v) is 11.2.